The van der Waals surface area contributed by atoms with Gasteiger partial charge in [0.1, 0.15) is 0 Å². The number of rotatable bonds is 3. The Morgan fingerprint density at radius 3 is 2.62 bits per heavy atom. The molecular weight excluding hydrogens is 224 g/mol. The normalized spacial score (nSPS) is 9.77. The van der Waals surface area contributed by atoms with Crippen molar-refractivity contribution < 1.29 is 0 Å². The molecule has 0 amide bonds. The lowest BCUT2D eigenvalue weighted by Gasteiger charge is -2.00. The van der Waals surface area contributed by atoms with Crippen LogP contribution in [0.5, 0.6) is 0 Å². The van der Waals surface area contributed by atoms with Crippen molar-refractivity contribution in [3.63, 3.8) is 0 Å². The summed E-state index contributed by atoms with van der Waals surface area (Å²) < 4.78 is 0. The van der Waals surface area contributed by atoms with Crippen LogP contribution in [0.1, 0.15) is 25.0 Å². The van der Waals surface area contributed by atoms with Crippen molar-refractivity contribution in [2.45, 2.75) is 25.6 Å². The van der Waals surface area contributed by atoms with Gasteiger partial charge >= 0.3 is 0 Å². The third-order valence-corrected chi connectivity index (χ3v) is 2.54. The van der Waals surface area contributed by atoms with Gasteiger partial charge in [0.05, 0.1) is 0 Å². The molecule has 0 spiro atoms. The lowest BCUT2D eigenvalue weighted by Crippen LogP contribution is -1.84. The van der Waals surface area contributed by atoms with Gasteiger partial charge in [-0.15, -0.1) is 0 Å². The lowest BCUT2D eigenvalue weighted by molar-refractivity contribution is 1.20. The average Bonchev–Trinajstić information content (AvgIpc) is 2.15. The largest absolute Gasteiger partial charge is 0.0876 e. The van der Waals surface area contributed by atoms with Crippen LogP contribution in [0, 0.1) is 0 Å². The van der Waals surface area contributed by atoms with Crippen LogP contribution in [0.4, 0.5) is 0 Å². The molecule has 0 aromatic heterocycles. The highest BCUT2D eigenvalue weighted by atomic mass is 79.9. The van der Waals surface area contributed by atoms with Gasteiger partial charge in [-0.2, -0.15) is 0 Å². The molecule has 0 aliphatic rings. The molecule has 0 aliphatic heterocycles. The second-order valence-electron chi connectivity index (χ2n) is 3.44. The quantitative estimate of drug-likeness (QED) is 0.550. The molecule has 0 saturated carbocycles. The standard InChI is InChI=1S/C12H15Br/c1-10(2)6-7-11-4-3-5-12(8-11)9-13/h3-6,8H,7,9H2,1-2H3. The number of hydrogen-bond acceptors (Lipinski definition) is 0. The van der Waals surface area contributed by atoms with Gasteiger partial charge in [0.25, 0.3) is 0 Å². The Balaban J connectivity index is 2.72. The van der Waals surface area contributed by atoms with Gasteiger partial charge in [-0.25, -0.2) is 0 Å². The molecule has 13 heavy (non-hydrogen) atoms. The van der Waals surface area contributed by atoms with E-state index in [4.69, 9.17) is 0 Å². The summed E-state index contributed by atoms with van der Waals surface area (Å²) in [7, 11) is 0. The van der Waals surface area contributed by atoms with Crippen LogP contribution in [0.25, 0.3) is 0 Å². The van der Waals surface area contributed by atoms with E-state index < -0.39 is 0 Å². The van der Waals surface area contributed by atoms with E-state index in [0.717, 1.165) is 11.8 Å². The van der Waals surface area contributed by atoms with E-state index in [0.29, 0.717) is 0 Å². The maximum atomic E-state index is 3.46. The lowest BCUT2D eigenvalue weighted by atomic mass is 10.1. The Morgan fingerprint density at radius 2 is 2.00 bits per heavy atom. The van der Waals surface area contributed by atoms with Crippen LogP contribution in [-0.4, -0.2) is 0 Å². The molecule has 0 atom stereocenters. The highest BCUT2D eigenvalue weighted by molar-refractivity contribution is 9.08. The summed E-state index contributed by atoms with van der Waals surface area (Å²) in [5, 5.41) is 0.940. The predicted octanol–water partition coefficient (Wildman–Crippen LogP) is 4.09. The molecule has 1 aromatic carbocycles. The van der Waals surface area contributed by atoms with Crippen molar-refractivity contribution in [1.29, 1.82) is 0 Å². The fourth-order valence-electron chi connectivity index (χ4n) is 1.16. The smallest absolute Gasteiger partial charge is 0.0283 e. The minimum absolute atomic E-state index is 0.940. The first-order valence-electron chi connectivity index (χ1n) is 4.49. The topological polar surface area (TPSA) is 0 Å². The van der Waals surface area contributed by atoms with Gasteiger partial charge in [0.2, 0.25) is 0 Å². The van der Waals surface area contributed by atoms with Gasteiger partial charge in [-0.3, -0.25) is 0 Å². The van der Waals surface area contributed by atoms with Crippen molar-refractivity contribution in [3.05, 3.63) is 47.0 Å². The second kappa shape index (κ2) is 5.23. The van der Waals surface area contributed by atoms with E-state index in [-0.39, 0.29) is 0 Å². The fourth-order valence-corrected chi connectivity index (χ4v) is 1.51. The molecule has 0 aliphatic carbocycles. The number of alkyl halides is 1. The van der Waals surface area contributed by atoms with Crippen molar-refractivity contribution in [3.8, 4) is 0 Å². The zero-order valence-electron chi connectivity index (χ0n) is 8.18. The maximum Gasteiger partial charge on any atom is 0.0283 e. The molecule has 1 aromatic rings. The zero-order chi connectivity index (χ0) is 9.68. The monoisotopic (exact) mass is 238 g/mol. The molecule has 0 N–H and O–H groups in total. The van der Waals surface area contributed by atoms with Crippen LogP contribution in [0.15, 0.2) is 35.9 Å². The Kier molecular flexibility index (Phi) is 4.23. The average molecular weight is 239 g/mol. The molecule has 70 valence electrons. The molecule has 0 fully saturated rings. The summed E-state index contributed by atoms with van der Waals surface area (Å²) in [5.41, 5.74) is 4.11. The van der Waals surface area contributed by atoms with Crippen molar-refractivity contribution in [1.82, 2.24) is 0 Å². The summed E-state index contributed by atoms with van der Waals surface area (Å²) in [4.78, 5) is 0. The van der Waals surface area contributed by atoms with Crippen molar-refractivity contribution >= 4 is 15.9 Å². The van der Waals surface area contributed by atoms with E-state index in [1.165, 1.54) is 16.7 Å². The summed E-state index contributed by atoms with van der Waals surface area (Å²) in [6.07, 6.45) is 3.30. The Hall–Kier alpha value is -0.560. The number of halogens is 1. The van der Waals surface area contributed by atoms with E-state index in [1.54, 1.807) is 0 Å². The van der Waals surface area contributed by atoms with E-state index in [9.17, 15) is 0 Å². The predicted molar refractivity (Wildman–Crippen MR) is 62.2 cm³/mol. The molecule has 0 bridgehead atoms. The molecular formula is C12H15Br. The van der Waals surface area contributed by atoms with Gasteiger partial charge in [-0.05, 0) is 31.4 Å². The SMILES string of the molecule is CC(C)=CCc1cccc(CBr)c1. The Labute approximate surface area is 88.8 Å². The summed E-state index contributed by atoms with van der Waals surface area (Å²) in [6.45, 7) is 4.27. The van der Waals surface area contributed by atoms with Crippen LogP contribution >= 0.6 is 15.9 Å². The second-order valence-corrected chi connectivity index (χ2v) is 4.00. The molecule has 0 nitrogen and oxygen atoms in total. The third kappa shape index (κ3) is 3.77. The van der Waals surface area contributed by atoms with E-state index in [2.05, 4.69) is 60.1 Å². The van der Waals surface area contributed by atoms with Gasteiger partial charge in [-0.1, -0.05) is 51.8 Å². The number of allylic oxidation sites excluding steroid dienone is 2. The van der Waals surface area contributed by atoms with E-state index >= 15 is 0 Å². The molecule has 0 saturated heterocycles. The Bertz CT molecular complexity index is 296. The molecule has 0 radical (unpaired) electrons. The van der Waals surface area contributed by atoms with E-state index in [1.807, 2.05) is 0 Å². The number of benzene rings is 1. The van der Waals surface area contributed by atoms with Crippen LogP contribution < -0.4 is 0 Å². The minimum Gasteiger partial charge on any atom is -0.0876 e. The highest BCUT2D eigenvalue weighted by Gasteiger charge is 1.92. The van der Waals surface area contributed by atoms with Crippen LogP contribution in [0.3, 0.4) is 0 Å². The molecule has 1 heteroatoms. The molecule has 0 unspecified atom stereocenters. The maximum absolute atomic E-state index is 3.46. The van der Waals surface area contributed by atoms with Gasteiger partial charge < -0.3 is 0 Å². The first kappa shape index (κ1) is 10.5. The van der Waals surface area contributed by atoms with Crippen LogP contribution in [0.2, 0.25) is 0 Å². The number of hydrogen-bond donors (Lipinski definition) is 0. The van der Waals surface area contributed by atoms with Crippen molar-refractivity contribution in [2.75, 3.05) is 0 Å². The molecule has 0 heterocycles. The van der Waals surface area contributed by atoms with Gasteiger partial charge in [0.15, 0.2) is 0 Å². The summed E-state index contributed by atoms with van der Waals surface area (Å²) in [5.74, 6) is 0. The van der Waals surface area contributed by atoms with Crippen molar-refractivity contribution in [2.24, 2.45) is 0 Å². The fraction of sp³-hybridized carbons (Fsp3) is 0.333. The van der Waals surface area contributed by atoms with Crippen LogP contribution in [-0.2, 0) is 11.8 Å². The van der Waals surface area contributed by atoms with Gasteiger partial charge in [0, 0.05) is 5.33 Å². The zero-order valence-corrected chi connectivity index (χ0v) is 9.76. The minimum atomic E-state index is 0.940. The molecule has 1 rings (SSSR count). The summed E-state index contributed by atoms with van der Waals surface area (Å²) >= 11 is 3.46. The third-order valence-electron chi connectivity index (χ3n) is 1.89. The first-order chi connectivity index (χ1) is 6.22. The summed E-state index contributed by atoms with van der Waals surface area (Å²) in [6, 6.07) is 8.67. The highest BCUT2D eigenvalue weighted by Crippen LogP contribution is 2.10. The first-order valence-corrected chi connectivity index (χ1v) is 5.61. The Morgan fingerprint density at radius 1 is 1.31 bits per heavy atom.